The van der Waals surface area contributed by atoms with Crippen molar-refractivity contribution in [3.63, 3.8) is 0 Å². The van der Waals surface area contributed by atoms with Gasteiger partial charge in [-0.05, 0) is 31.4 Å². The molecule has 0 saturated carbocycles. The summed E-state index contributed by atoms with van der Waals surface area (Å²) in [5.74, 6) is -0.839. The maximum atomic E-state index is 12.6. The number of nitrogens with zero attached hydrogens (tertiary/aromatic N) is 2. The number of aliphatic hydroxyl groups is 1. The molecule has 0 saturated heterocycles. The van der Waals surface area contributed by atoms with Gasteiger partial charge in [0.2, 0.25) is 0 Å². The van der Waals surface area contributed by atoms with Crippen molar-refractivity contribution in [2.45, 2.75) is 52.5 Å². The van der Waals surface area contributed by atoms with Gasteiger partial charge >= 0.3 is 0 Å². The average molecular weight is 330 g/mol. The van der Waals surface area contributed by atoms with Gasteiger partial charge in [-0.3, -0.25) is 14.6 Å². The molecule has 1 N–H and O–H groups in total. The Morgan fingerprint density at radius 2 is 2.12 bits per heavy atom. The highest BCUT2D eigenvalue weighted by atomic mass is 16.3. The molecule has 0 fully saturated rings. The van der Waals surface area contributed by atoms with E-state index >= 15 is 0 Å². The third-order valence-electron chi connectivity index (χ3n) is 4.65. The zero-order valence-corrected chi connectivity index (χ0v) is 14.7. The van der Waals surface area contributed by atoms with Crippen molar-refractivity contribution in [2.24, 2.45) is 5.92 Å². The van der Waals surface area contributed by atoms with Crippen molar-refractivity contribution in [1.82, 2.24) is 9.88 Å². The maximum absolute atomic E-state index is 12.6. The van der Waals surface area contributed by atoms with E-state index in [2.05, 4.69) is 18.8 Å². The van der Waals surface area contributed by atoms with Gasteiger partial charge in [-0.1, -0.05) is 39.2 Å². The number of rotatable bonds is 8. The van der Waals surface area contributed by atoms with Gasteiger partial charge in [0.25, 0.3) is 5.91 Å². The molecule has 2 rings (SSSR count). The van der Waals surface area contributed by atoms with Crippen LogP contribution in [0.1, 0.15) is 58.2 Å². The molecule has 2 heterocycles. The molecular weight excluding hydrogens is 304 g/mol. The summed E-state index contributed by atoms with van der Waals surface area (Å²) in [5.41, 5.74) is 0.773. The number of Topliss-reactive ketones (excluding diaryl/α,β-unsaturated/α-hetero) is 1. The quantitative estimate of drug-likeness (QED) is 0.791. The Morgan fingerprint density at radius 3 is 2.67 bits per heavy atom. The van der Waals surface area contributed by atoms with E-state index in [1.165, 1.54) is 6.92 Å². The molecule has 0 bridgehead atoms. The lowest BCUT2D eigenvalue weighted by Gasteiger charge is -2.29. The fraction of sp³-hybridized carbons (Fsp3) is 0.526. The van der Waals surface area contributed by atoms with Gasteiger partial charge in [0.05, 0.1) is 11.3 Å². The molecule has 5 nitrogen and oxygen atoms in total. The van der Waals surface area contributed by atoms with Gasteiger partial charge in [0.15, 0.2) is 11.5 Å². The third-order valence-corrected chi connectivity index (χ3v) is 4.65. The maximum Gasteiger partial charge on any atom is 0.290 e. The molecule has 130 valence electrons. The molecule has 1 amide bonds. The summed E-state index contributed by atoms with van der Waals surface area (Å²) >= 11 is 0. The molecule has 0 spiro atoms. The predicted octanol–water partition coefficient (Wildman–Crippen LogP) is 3.58. The number of hydrogen-bond donors (Lipinski definition) is 1. The smallest absolute Gasteiger partial charge is 0.290 e. The molecule has 1 aromatic heterocycles. The van der Waals surface area contributed by atoms with Crippen molar-refractivity contribution < 1.29 is 14.7 Å². The zero-order chi connectivity index (χ0) is 17.7. The molecule has 5 heteroatoms. The van der Waals surface area contributed by atoms with E-state index in [1.54, 1.807) is 23.2 Å². The first kappa shape index (κ1) is 18.2. The van der Waals surface area contributed by atoms with E-state index in [1.807, 2.05) is 6.07 Å². The van der Waals surface area contributed by atoms with Crippen LogP contribution in [0.2, 0.25) is 0 Å². The molecule has 0 radical (unpaired) electrons. The number of amides is 1. The lowest BCUT2D eigenvalue weighted by molar-refractivity contribution is -0.130. The Hall–Kier alpha value is -2.17. The topological polar surface area (TPSA) is 70.5 Å². The minimum Gasteiger partial charge on any atom is -0.503 e. The van der Waals surface area contributed by atoms with Crippen LogP contribution in [-0.4, -0.2) is 33.2 Å². The number of aliphatic hydroxyl groups excluding tert-OH is 1. The van der Waals surface area contributed by atoms with Gasteiger partial charge in [0.1, 0.15) is 6.04 Å². The van der Waals surface area contributed by atoms with Crippen LogP contribution in [0, 0.1) is 5.92 Å². The van der Waals surface area contributed by atoms with E-state index in [0.29, 0.717) is 18.2 Å². The lowest BCUT2D eigenvalue weighted by Crippen LogP contribution is -2.35. The van der Waals surface area contributed by atoms with Crippen LogP contribution in [0.5, 0.6) is 0 Å². The van der Waals surface area contributed by atoms with Crippen LogP contribution in [0.25, 0.3) is 0 Å². The average Bonchev–Trinajstić information content (AvgIpc) is 2.84. The van der Waals surface area contributed by atoms with E-state index in [4.69, 9.17) is 0 Å². The lowest BCUT2D eigenvalue weighted by atomic mass is 9.96. The monoisotopic (exact) mass is 330 g/mol. The first-order valence-electron chi connectivity index (χ1n) is 8.67. The van der Waals surface area contributed by atoms with Crippen molar-refractivity contribution in [1.29, 1.82) is 0 Å². The summed E-state index contributed by atoms with van der Waals surface area (Å²) < 4.78 is 0. The summed E-state index contributed by atoms with van der Waals surface area (Å²) in [4.78, 5) is 30.5. The normalized spacial score (nSPS) is 19.0. The Bertz CT molecular complexity index is 625. The highest BCUT2D eigenvalue weighted by Crippen LogP contribution is 2.37. The minimum absolute atomic E-state index is 0.157. The van der Waals surface area contributed by atoms with Gasteiger partial charge in [-0.15, -0.1) is 0 Å². The zero-order valence-electron chi connectivity index (χ0n) is 14.7. The first-order chi connectivity index (χ1) is 11.5. The number of hydrogen-bond acceptors (Lipinski definition) is 4. The van der Waals surface area contributed by atoms with Crippen LogP contribution >= 0.6 is 0 Å². The van der Waals surface area contributed by atoms with Crippen LogP contribution in [0.3, 0.4) is 0 Å². The first-order valence-corrected chi connectivity index (χ1v) is 8.67. The highest BCUT2D eigenvalue weighted by Gasteiger charge is 2.43. The fourth-order valence-corrected chi connectivity index (χ4v) is 3.24. The number of ketones is 1. The van der Waals surface area contributed by atoms with E-state index in [-0.39, 0.29) is 11.4 Å². The second-order valence-corrected chi connectivity index (χ2v) is 6.35. The number of carbonyl (C=O) groups excluding carboxylic acids is 2. The van der Waals surface area contributed by atoms with Gasteiger partial charge in [-0.2, -0.15) is 0 Å². The summed E-state index contributed by atoms with van der Waals surface area (Å²) in [6, 6.07) is 4.82. The Morgan fingerprint density at radius 1 is 1.38 bits per heavy atom. The van der Waals surface area contributed by atoms with Crippen LogP contribution in [-0.2, 0) is 9.59 Å². The van der Waals surface area contributed by atoms with E-state index in [0.717, 1.165) is 25.7 Å². The van der Waals surface area contributed by atoms with Crippen molar-refractivity contribution in [3.05, 3.63) is 41.4 Å². The minimum atomic E-state index is -0.591. The van der Waals surface area contributed by atoms with E-state index < -0.39 is 17.7 Å². The number of unbranched alkanes of at least 4 members (excludes halogenated alkanes) is 1. The SMILES string of the molecule is CCCC[C@H](CC)CN1C(=O)C(O)=C(C(C)=O)[C@@H]1c1ccccn1. The van der Waals surface area contributed by atoms with Gasteiger partial charge in [0, 0.05) is 12.7 Å². The molecule has 0 aromatic carbocycles. The van der Waals surface area contributed by atoms with Crippen molar-refractivity contribution in [2.75, 3.05) is 6.54 Å². The summed E-state index contributed by atoms with van der Waals surface area (Å²) in [7, 11) is 0. The molecule has 1 aliphatic heterocycles. The highest BCUT2D eigenvalue weighted by molar-refractivity contribution is 6.08. The molecule has 1 aliphatic rings. The molecule has 0 aliphatic carbocycles. The van der Waals surface area contributed by atoms with Crippen LogP contribution < -0.4 is 0 Å². The molecule has 2 atom stereocenters. The predicted molar refractivity (Wildman–Crippen MR) is 92.3 cm³/mol. The Balaban J connectivity index is 2.35. The van der Waals surface area contributed by atoms with Gasteiger partial charge in [-0.25, -0.2) is 0 Å². The number of pyridine rings is 1. The summed E-state index contributed by atoms with van der Waals surface area (Å²) in [6.07, 6.45) is 5.83. The molecule has 0 unspecified atom stereocenters. The fourth-order valence-electron chi connectivity index (χ4n) is 3.24. The second kappa shape index (κ2) is 8.08. The Labute approximate surface area is 143 Å². The third kappa shape index (κ3) is 3.66. The number of carbonyl (C=O) groups is 2. The van der Waals surface area contributed by atoms with Crippen molar-refractivity contribution >= 4 is 11.7 Å². The molecular formula is C19H26N2O3. The second-order valence-electron chi connectivity index (χ2n) is 6.35. The molecule has 1 aromatic rings. The Kier molecular flexibility index (Phi) is 6.12. The molecule has 24 heavy (non-hydrogen) atoms. The van der Waals surface area contributed by atoms with Gasteiger partial charge < -0.3 is 10.0 Å². The number of aromatic nitrogens is 1. The van der Waals surface area contributed by atoms with Crippen molar-refractivity contribution in [3.8, 4) is 0 Å². The van der Waals surface area contributed by atoms with Crippen LogP contribution in [0.4, 0.5) is 0 Å². The summed E-state index contributed by atoms with van der Waals surface area (Å²) in [6.45, 7) is 6.16. The standard InChI is InChI=1S/C19H26N2O3/c1-4-6-9-14(5-2)12-21-17(15-10-7-8-11-20-15)16(13(3)22)18(23)19(21)24/h7-8,10-11,14,17,23H,4-6,9,12H2,1-3H3/t14-,17-/m0/s1. The summed E-state index contributed by atoms with van der Waals surface area (Å²) in [5, 5.41) is 10.2. The largest absolute Gasteiger partial charge is 0.503 e. The van der Waals surface area contributed by atoms with E-state index in [9.17, 15) is 14.7 Å². The van der Waals surface area contributed by atoms with Crippen LogP contribution in [0.15, 0.2) is 35.7 Å².